The van der Waals surface area contributed by atoms with Crippen molar-refractivity contribution in [1.82, 2.24) is 0 Å². The van der Waals surface area contributed by atoms with Gasteiger partial charge in [0.25, 0.3) is 0 Å². The molecule has 0 aromatic carbocycles. The lowest BCUT2D eigenvalue weighted by molar-refractivity contribution is -0.128. The Balaban J connectivity index is 3.02. The molecule has 4 nitrogen and oxygen atoms in total. The van der Waals surface area contributed by atoms with Gasteiger partial charge in [-0.15, -0.1) is 0 Å². The smallest absolute Gasteiger partial charge is 0.147 e. The molecule has 1 rings (SSSR count). The molecule has 0 unspecified atom stereocenters. The van der Waals surface area contributed by atoms with E-state index in [-0.39, 0.29) is 16.9 Å². The molecule has 0 heterocycles. The first kappa shape index (κ1) is 32.1. The third-order valence-corrected chi connectivity index (χ3v) is 7.80. The fourth-order valence-corrected chi connectivity index (χ4v) is 5.53. The Labute approximate surface area is 216 Å². The van der Waals surface area contributed by atoms with Crippen LogP contribution in [0.1, 0.15) is 107 Å². The standard InChI is InChI=1S/C31H56O4/c1-10-12-26(17-16-25-18-27(32)20-28(33)19-25)29(13-11-2)30(5,6)21-23(3)14-15-24(4)31(7,8)35-22-34-9/h14-17,23-24,27-29,32-33H,10-13,18-22H2,1-9H3/b15-14+,26-17+/t23-,24+,27-,28-,29+/m1/s1. The van der Waals surface area contributed by atoms with E-state index in [0.717, 1.165) is 25.7 Å². The molecule has 0 aromatic rings. The van der Waals surface area contributed by atoms with Crippen LogP contribution in [0.2, 0.25) is 0 Å². The first-order valence-corrected chi connectivity index (χ1v) is 13.9. The van der Waals surface area contributed by atoms with Gasteiger partial charge in [-0.1, -0.05) is 89.8 Å². The van der Waals surface area contributed by atoms with Crippen molar-refractivity contribution < 1.29 is 19.7 Å². The molecule has 5 atom stereocenters. The van der Waals surface area contributed by atoms with Gasteiger partial charge in [-0.2, -0.15) is 0 Å². The zero-order valence-electron chi connectivity index (χ0n) is 24.3. The van der Waals surface area contributed by atoms with E-state index in [4.69, 9.17) is 9.47 Å². The topological polar surface area (TPSA) is 58.9 Å². The SMILES string of the molecule is CCC/C(=C\C=C1C[C@@H](O)C[C@H](O)C1)[C@H](CCC)C(C)(C)C[C@H](C)/C=C/[C@H](C)C(C)(C)OCOC. The molecular formula is C31H56O4. The first-order chi connectivity index (χ1) is 16.4. The quantitative estimate of drug-likeness (QED) is 0.182. The van der Waals surface area contributed by atoms with Crippen LogP contribution in [0.25, 0.3) is 0 Å². The van der Waals surface area contributed by atoms with Gasteiger partial charge < -0.3 is 19.7 Å². The largest absolute Gasteiger partial charge is 0.393 e. The molecule has 35 heavy (non-hydrogen) atoms. The summed E-state index contributed by atoms with van der Waals surface area (Å²) < 4.78 is 11.0. The van der Waals surface area contributed by atoms with Crippen LogP contribution in [-0.2, 0) is 9.47 Å². The third-order valence-electron chi connectivity index (χ3n) is 7.80. The molecule has 1 fully saturated rings. The van der Waals surface area contributed by atoms with Gasteiger partial charge in [0.05, 0.1) is 17.8 Å². The van der Waals surface area contributed by atoms with Gasteiger partial charge in [-0.05, 0) is 69.6 Å². The highest BCUT2D eigenvalue weighted by Gasteiger charge is 2.32. The number of hydrogen-bond acceptors (Lipinski definition) is 4. The number of allylic oxidation sites excluding steroid dienone is 4. The normalized spacial score (nSPS) is 22.9. The van der Waals surface area contributed by atoms with Crippen molar-refractivity contribution >= 4 is 0 Å². The summed E-state index contributed by atoms with van der Waals surface area (Å²) in [5.74, 6) is 1.27. The maximum atomic E-state index is 10.1. The Hall–Kier alpha value is -0.940. The lowest BCUT2D eigenvalue weighted by atomic mass is 9.67. The summed E-state index contributed by atoms with van der Waals surface area (Å²) in [5, 5.41) is 20.2. The predicted octanol–water partition coefficient (Wildman–Crippen LogP) is 7.61. The lowest BCUT2D eigenvalue weighted by Gasteiger charge is -2.38. The highest BCUT2D eigenvalue weighted by atomic mass is 16.7. The average molecular weight is 493 g/mol. The summed E-state index contributed by atoms with van der Waals surface area (Å²) in [6.45, 7) is 18.5. The molecule has 1 aliphatic rings. The number of hydrogen-bond donors (Lipinski definition) is 2. The summed E-state index contributed by atoms with van der Waals surface area (Å²) >= 11 is 0. The maximum absolute atomic E-state index is 10.1. The van der Waals surface area contributed by atoms with Crippen molar-refractivity contribution in [3.05, 3.63) is 35.5 Å². The van der Waals surface area contributed by atoms with E-state index < -0.39 is 12.2 Å². The molecule has 0 saturated heterocycles. The van der Waals surface area contributed by atoms with E-state index in [1.807, 2.05) is 0 Å². The molecule has 1 saturated carbocycles. The number of aliphatic hydroxyl groups excluding tert-OH is 2. The fraction of sp³-hybridized carbons (Fsp3) is 0.806. The molecule has 1 aliphatic carbocycles. The third kappa shape index (κ3) is 11.3. The zero-order chi connectivity index (χ0) is 26.6. The van der Waals surface area contributed by atoms with Crippen molar-refractivity contribution in [2.24, 2.45) is 23.2 Å². The Bertz CT molecular complexity index is 676. The van der Waals surface area contributed by atoms with E-state index in [9.17, 15) is 10.2 Å². The second-order valence-electron chi connectivity index (χ2n) is 12.1. The minimum absolute atomic E-state index is 0.163. The monoisotopic (exact) mass is 492 g/mol. The summed E-state index contributed by atoms with van der Waals surface area (Å²) in [7, 11) is 1.66. The van der Waals surface area contributed by atoms with Crippen LogP contribution in [0, 0.1) is 23.2 Å². The summed E-state index contributed by atoms with van der Waals surface area (Å²) in [6, 6.07) is 0. The van der Waals surface area contributed by atoms with Crippen LogP contribution in [0.3, 0.4) is 0 Å². The molecule has 4 heteroatoms. The highest BCUT2D eigenvalue weighted by Crippen LogP contribution is 2.43. The number of rotatable bonds is 15. The van der Waals surface area contributed by atoms with Crippen LogP contribution >= 0.6 is 0 Å². The van der Waals surface area contributed by atoms with Gasteiger partial charge >= 0.3 is 0 Å². The van der Waals surface area contributed by atoms with Crippen molar-refractivity contribution in [3.63, 3.8) is 0 Å². The summed E-state index contributed by atoms with van der Waals surface area (Å²) in [6.07, 6.45) is 15.9. The number of methoxy groups -OCH3 is 1. The van der Waals surface area contributed by atoms with Crippen LogP contribution in [0.4, 0.5) is 0 Å². The van der Waals surface area contributed by atoms with Crippen molar-refractivity contribution in [3.8, 4) is 0 Å². The van der Waals surface area contributed by atoms with E-state index >= 15 is 0 Å². The van der Waals surface area contributed by atoms with E-state index in [1.165, 1.54) is 17.6 Å². The van der Waals surface area contributed by atoms with Crippen LogP contribution in [0.5, 0.6) is 0 Å². The molecular weight excluding hydrogens is 436 g/mol. The minimum Gasteiger partial charge on any atom is -0.393 e. The van der Waals surface area contributed by atoms with Gasteiger partial charge in [-0.25, -0.2) is 0 Å². The second-order valence-corrected chi connectivity index (χ2v) is 12.1. The van der Waals surface area contributed by atoms with Gasteiger partial charge in [-0.3, -0.25) is 0 Å². The van der Waals surface area contributed by atoms with Gasteiger partial charge in [0, 0.05) is 13.0 Å². The second kappa shape index (κ2) is 15.3. The van der Waals surface area contributed by atoms with Crippen LogP contribution < -0.4 is 0 Å². The minimum atomic E-state index is -0.421. The molecule has 0 radical (unpaired) electrons. The Morgan fingerprint density at radius 3 is 2.20 bits per heavy atom. The van der Waals surface area contributed by atoms with E-state index in [0.29, 0.717) is 37.9 Å². The zero-order valence-corrected chi connectivity index (χ0v) is 24.3. The van der Waals surface area contributed by atoms with Crippen LogP contribution in [0.15, 0.2) is 35.5 Å². The Morgan fingerprint density at radius 1 is 1.03 bits per heavy atom. The lowest BCUT2D eigenvalue weighted by Crippen LogP contribution is -2.32. The van der Waals surface area contributed by atoms with Gasteiger partial charge in [0.2, 0.25) is 0 Å². The summed E-state index contributed by atoms with van der Waals surface area (Å²) in [4.78, 5) is 0. The molecule has 0 bridgehead atoms. The average Bonchev–Trinajstić information content (AvgIpc) is 2.76. The number of ether oxygens (including phenoxy) is 2. The van der Waals surface area contributed by atoms with Gasteiger partial charge in [0.1, 0.15) is 6.79 Å². The first-order valence-electron chi connectivity index (χ1n) is 13.9. The molecule has 0 amide bonds. The molecule has 204 valence electrons. The van der Waals surface area contributed by atoms with E-state index in [1.54, 1.807) is 7.11 Å². The maximum Gasteiger partial charge on any atom is 0.147 e. The van der Waals surface area contributed by atoms with Crippen molar-refractivity contribution in [1.29, 1.82) is 0 Å². The van der Waals surface area contributed by atoms with Gasteiger partial charge in [0.15, 0.2) is 0 Å². The predicted molar refractivity (Wildman–Crippen MR) is 148 cm³/mol. The van der Waals surface area contributed by atoms with Crippen molar-refractivity contribution in [2.75, 3.05) is 13.9 Å². The molecule has 0 aliphatic heterocycles. The Kier molecular flexibility index (Phi) is 14.1. The van der Waals surface area contributed by atoms with E-state index in [2.05, 4.69) is 79.7 Å². The highest BCUT2D eigenvalue weighted by molar-refractivity contribution is 5.23. The summed E-state index contributed by atoms with van der Waals surface area (Å²) in [5.41, 5.74) is 2.58. The van der Waals surface area contributed by atoms with Crippen molar-refractivity contribution in [2.45, 2.75) is 125 Å². The van der Waals surface area contributed by atoms with Crippen LogP contribution in [-0.4, -0.2) is 41.9 Å². The fourth-order valence-electron chi connectivity index (χ4n) is 5.53. The Morgan fingerprint density at radius 2 is 1.66 bits per heavy atom. The molecule has 0 spiro atoms. The molecule has 0 aromatic heterocycles. The molecule has 2 N–H and O–H groups in total. The number of aliphatic hydroxyl groups is 2.